The molecule has 0 heterocycles. The zero-order valence-electron chi connectivity index (χ0n) is 10.5. The van der Waals surface area contributed by atoms with Gasteiger partial charge in [0, 0.05) is 11.0 Å². The van der Waals surface area contributed by atoms with Gasteiger partial charge in [-0.3, -0.25) is 0 Å². The van der Waals surface area contributed by atoms with Crippen LogP contribution < -0.4 is 0 Å². The molecule has 0 aromatic heterocycles. The summed E-state index contributed by atoms with van der Waals surface area (Å²) in [6.45, 7) is 6.12. The molecule has 0 aliphatic heterocycles. The highest BCUT2D eigenvalue weighted by molar-refractivity contribution is 5.34. The summed E-state index contributed by atoms with van der Waals surface area (Å²) in [4.78, 5) is 0. The molecular formula is C13H13F5. The molecule has 0 saturated carbocycles. The molecule has 0 aliphatic carbocycles. The lowest BCUT2D eigenvalue weighted by molar-refractivity contribution is 0.358. The molecule has 0 radical (unpaired) electrons. The lowest BCUT2D eigenvalue weighted by Crippen LogP contribution is -2.22. The van der Waals surface area contributed by atoms with Gasteiger partial charge >= 0.3 is 0 Å². The lowest BCUT2D eigenvalue weighted by atomic mass is 9.82. The van der Waals surface area contributed by atoms with Crippen molar-refractivity contribution in [1.82, 2.24) is 0 Å². The summed E-state index contributed by atoms with van der Waals surface area (Å²) in [5, 5.41) is 0. The SMILES string of the molecule is CC(C)=CC(C)(C)c1c(F)c(F)c(F)c(F)c1F. The highest BCUT2D eigenvalue weighted by atomic mass is 19.2. The Balaban J connectivity index is 3.66. The maximum absolute atomic E-state index is 13.6. The minimum atomic E-state index is -2.14. The largest absolute Gasteiger partial charge is 0.203 e. The quantitative estimate of drug-likeness (QED) is 0.316. The van der Waals surface area contributed by atoms with Crippen LogP contribution in [0.2, 0.25) is 0 Å². The van der Waals surface area contributed by atoms with Crippen molar-refractivity contribution in [3.05, 3.63) is 46.3 Å². The third kappa shape index (κ3) is 2.40. The molecule has 0 nitrogen and oxygen atoms in total. The Bertz CT molecular complexity index is 482. The van der Waals surface area contributed by atoms with Gasteiger partial charge in [-0.05, 0) is 13.8 Å². The third-order valence-electron chi connectivity index (χ3n) is 2.50. The Labute approximate surface area is 102 Å². The van der Waals surface area contributed by atoms with E-state index in [9.17, 15) is 22.0 Å². The first-order chi connectivity index (χ1) is 8.09. The van der Waals surface area contributed by atoms with E-state index >= 15 is 0 Å². The maximum Gasteiger partial charge on any atom is 0.200 e. The first-order valence-electron chi connectivity index (χ1n) is 5.27. The summed E-state index contributed by atoms with van der Waals surface area (Å²) < 4.78 is 66.3. The van der Waals surface area contributed by atoms with E-state index in [0.29, 0.717) is 5.57 Å². The van der Waals surface area contributed by atoms with E-state index in [-0.39, 0.29) is 0 Å². The van der Waals surface area contributed by atoms with Gasteiger partial charge in [-0.15, -0.1) is 0 Å². The molecule has 1 rings (SSSR count). The second kappa shape index (κ2) is 4.71. The van der Waals surface area contributed by atoms with E-state index in [1.807, 2.05) is 0 Å². The number of hydrogen-bond donors (Lipinski definition) is 0. The van der Waals surface area contributed by atoms with Gasteiger partial charge in [-0.25, -0.2) is 22.0 Å². The van der Waals surface area contributed by atoms with Crippen molar-refractivity contribution in [2.75, 3.05) is 0 Å². The van der Waals surface area contributed by atoms with Crippen LogP contribution in [-0.2, 0) is 5.41 Å². The molecule has 1 aromatic rings. The summed E-state index contributed by atoms with van der Waals surface area (Å²) in [5.74, 6) is -9.54. The van der Waals surface area contributed by atoms with Crippen LogP contribution in [0.25, 0.3) is 0 Å². The van der Waals surface area contributed by atoms with Crippen molar-refractivity contribution in [3.8, 4) is 0 Å². The molecule has 100 valence electrons. The Morgan fingerprint density at radius 3 is 1.44 bits per heavy atom. The summed E-state index contributed by atoms with van der Waals surface area (Å²) in [5.41, 5.74) is -1.40. The monoisotopic (exact) mass is 264 g/mol. The minimum absolute atomic E-state index is 0.712. The lowest BCUT2D eigenvalue weighted by Gasteiger charge is -2.23. The molecule has 0 N–H and O–H groups in total. The summed E-state index contributed by atoms with van der Waals surface area (Å²) in [6, 6.07) is 0. The Kier molecular flexibility index (Phi) is 3.84. The van der Waals surface area contributed by atoms with Gasteiger partial charge < -0.3 is 0 Å². The fourth-order valence-corrected chi connectivity index (χ4v) is 1.96. The zero-order valence-corrected chi connectivity index (χ0v) is 10.5. The molecule has 18 heavy (non-hydrogen) atoms. The fourth-order valence-electron chi connectivity index (χ4n) is 1.96. The van der Waals surface area contributed by atoms with E-state index < -0.39 is 40.1 Å². The molecule has 0 atom stereocenters. The standard InChI is InChI=1S/C13H13F5/c1-6(2)5-13(3,4)7-8(14)10(16)12(18)11(17)9(7)15/h5H,1-4H3. The second-order valence-electron chi connectivity index (χ2n) is 4.89. The molecular weight excluding hydrogens is 251 g/mol. The van der Waals surface area contributed by atoms with Gasteiger partial charge in [0.25, 0.3) is 0 Å². The Morgan fingerprint density at radius 2 is 1.11 bits per heavy atom. The summed E-state index contributed by atoms with van der Waals surface area (Å²) >= 11 is 0. The molecule has 0 saturated heterocycles. The van der Waals surface area contributed by atoms with Gasteiger partial charge in [-0.1, -0.05) is 25.5 Å². The average molecular weight is 264 g/mol. The average Bonchev–Trinajstić information content (AvgIpc) is 2.21. The molecule has 0 fully saturated rings. The number of halogens is 5. The van der Waals surface area contributed by atoms with E-state index in [2.05, 4.69) is 0 Å². The Hall–Kier alpha value is -1.39. The smallest absolute Gasteiger partial charge is 0.200 e. The predicted octanol–water partition coefficient (Wildman–Crippen LogP) is 4.63. The van der Waals surface area contributed by atoms with Crippen molar-refractivity contribution >= 4 is 0 Å². The molecule has 0 aliphatic rings. The number of rotatable bonds is 2. The van der Waals surface area contributed by atoms with E-state index in [0.717, 1.165) is 0 Å². The number of allylic oxidation sites excluding steroid dienone is 2. The first kappa shape index (κ1) is 14.7. The molecule has 5 heteroatoms. The topological polar surface area (TPSA) is 0 Å². The number of hydrogen-bond acceptors (Lipinski definition) is 0. The fraction of sp³-hybridized carbons (Fsp3) is 0.385. The van der Waals surface area contributed by atoms with Crippen LogP contribution in [0.15, 0.2) is 11.6 Å². The normalized spacial score (nSPS) is 11.6. The van der Waals surface area contributed by atoms with Gasteiger partial charge in [-0.2, -0.15) is 0 Å². The van der Waals surface area contributed by atoms with Crippen molar-refractivity contribution < 1.29 is 22.0 Å². The van der Waals surface area contributed by atoms with Crippen molar-refractivity contribution in [3.63, 3.8) is 0 Å². The van der Waals surface area contributed by atoms with Gasteiger partial charge in [0.15, 0.2) is 23.3 Å². The van der Waals surface area contributed by atoms with E-state index in [1.165, 1.54) is 19.9 Å². The van der Waals surface area contributed by atoms with Crippen LogP contribution >= 0.6 is 0 Å². The van der Waals surface area contributed by atoms with Crippen molar-refractivity contribution in [1.29, 1.82) is 0 Å². The third-order valence-corrected chi connectivity index (χ3v) is 2.50. The van der Waals surface area contributed by atoms with Gasteiger partial charge in [0.05, 0.1) is 0 Å². The van der Waals surface area contributed by atoms with Crippen LogP contribution in [0.5, 0.6) is 0 Å². The molecule has 1 aromatic carbocycles. The first-order valence-corrected chi connectivity index (χ1v) is 5.27. The van der Waals surface area contributed by atoms with Gasteiger partial charge in [0.1, 0.15) is 0 Å². The molecule has 0 bridgehead atoms. The van der Waals surface area contributed by atoms with Crippen molar-refractivity contribution in [2.45, 2.75) is 33.1 Å². The van der Waals surface area contributed by atoms with Crippen LogP contribution in [0, 0.1) is 29.1 Å². The molecule has 0 spiro atoms. The predicted molar refractivity (Wildman–Crippen MR) is 58.7 cm³/mol. The highest BCUT2D eigenvalue weighted by Crippen LogP contribution is 2.34. The second-order valence-corrected chi connectivity index (χ2v) is 4.89. The van der Waals surface area contributed by atoms with E-state index in [1.54, 1.807) is 13.8 Å². The van der Waals surface area contributed by atoms with Crippen LogP contribution in [0.3, 0.4) is 0 Å². The molecule has 0 amide bonds. The summed E-state index contributed by atoms with van der Waals surface area (Å²) in [7, 11) is 0. The zero-order chi connectivity index (χ0) is 14.2. The highest BCUT2D eigenvalue weighted by Gasteiger charge is 2.33. The number of benzene rings is 1. The van der Waals surface area contributed by atoms with Crippen LogP contribution in [-0.4, -0.2) is 0 Å². The van der Waals surface area contributed by atoms with Gasteiger partial charge in [0.2, 0.25) is 5.82 Å². The van der Waals surface area contributed by atoms with Crippen LogP contribution in [0.4, 0.5) is 22.0 Å². The minimum Gasteiger partial charge on any atom is -0.203 e. The summed E-state index contributed by atoms with van der Waals surface area (Å²) in [6.07, 6.45) is 1.45. The van der Waals surface area contributed by atoms with Crippen molar-refractivity contribution in [2.24, 2.45) is 0 Å². The van der Waals surface area contributed by atoms with Crippen LogP contribution in [0.1, 0.15) is 33.3 Å². The maximum atomic E-state index is 13.6. The van der Waals surface area contributed by atoms with E-state index in [4.69, 9.17) is 0 Å². The Morgan fingerprint density at radius 1 is 0.778 bits per heavy atom. The molecule has 0 unspecified atom stereocenters.